The zero-order valence-corrected chi connectivity index (χ0v) is 19.2. The Labute approximate surface area is 186 Å². The molecule has 4 rings (SSSR count). The maximum Gasteiger partial charge on any atom is 0.230 e. The number of ether oxygens (including phenoxy) is 1. The van der Waals surface area contributed by atoms with Gasteiger partial charge in [-0.25, -0.2) is 0 Å². The lowest BCUT2D eigenvalue weighted by molar-refractivity contribution is -0.119. The highest BCUT2D eigenvalue weighted by atomic mass is 32.2. The molecule has 3 heterocycles. The van der Waals surface area contributed by atoms with Crippen LogP contribution in [0.4, 0.5) is 0 Å². The third kappa shape index (κ3) is 4.98. The lowest BCUT2D eigenvalue weighted by Crippen LogP contribution is -2.32. The predicted molar refractivity (Wildman–Crippen MR) is 122 cm³/mol. The first-order valence-corrected chi connectivity index (χ1v) is 12.6. The van der Waals surface area contributed by atoms with Crippen LogP contribution in [-0.2, 0) is 28.9 Å². The molecule has 2 aromatic rings. The van der Waals surface area contributed by atoms with Crippen molar-refractivity contribution < 1.29 is 9.53 Å². The van der Waals surface area contributed by atoms with Crippen LogP contribution in [0, 0.1) is 5.92 Å². The average molecular weight is 447 g/mol. The molecule has 6 nitrogen and oxygen atoms in total. The molecule has 1 aliphatic heterocycles. The van der Waals surface area contributed by atoms with Crippen molar-refractivity contribution in [1.29, 1.82) is 0 Å². The number of carbonyl (C=O) groups excluding carboxylic acids is 1. The second-order valence-corrected chi connectivity index (χ2v) is 10.1. The van der Waals surface area contributed by atoms with Crippen LogP contribution in [-0.4, -0.2) is 45.7 Å². The SMILES string of the molecule is C=CCn1c(SCC(=O)NC[C@@H]2CCCO2)nnc1-c1cc2c(s1)CC[C@@H](CC)C2. The number of aryl methyl sites for hydroxylation is 1. The number of amides is 1. The molecule has 0 radical (unpaired) electrons. The molecule has 1 aliphatic carbocycles. The van der Waals surface area contributed by atoms with Crippen LogP contribution in [0.1, 0.15) is 43.0 Å². The molecule has 8 heteroatoms. The van der Waals surface area contributed by atoms with Gasteiger partial charge in [0.05, 0.1) is 16.7 Å². The summed E-state index contributed by atoms with van der Waals surface area (Å²) in [6, 6.07) is 2.30. The van der Waals surface area contributed by atoms with Gasteiger partial charge in [0.15, 0.2) is 11.0 Å². The topological polar surface area (TPSA) is 69.0 Å². The van der Waals surface area contributed by atoms with E-state index in [2.05, 4.69) is 39.7 Å². The number of thiophene rings is 1. The van der Waals surface area contributed by atoms with Crippen molar-refractivity contribution in [1.82, 2.24) is 20.1 Å². The summed E-state index contributed by atoms with van der Waals surface area (Å²) >= 11 is 3.27. The molecule has 1 N–H and O–H groups in total. The van der Waals surface area contributed by atoms with Gasteiger partial charge in [0.2, 0.25) is 5.91 Å². The Kier molecular flexibility index (Phi) is 7.28. The fourth-order valence-corrected chi connectivity index (χ4v) is 6.12. The fourth-order valence-electron chi connectivity index (χ4n) is 4.14. The van der Waals surface area contributed by atoms with E-state index in [1.54, 1.807) is 0 Å². The van der Waals surface area contributed by atoms with E-state index in [4.69, 9.17) is 4.74 Å². The normalized spacial score (nSPS) is 20.8. The Morgan fingerprint density at radius 2 is 2.37 bits per heavy atom. The number of nitrogens with one attached hydrogen (secondary N) is 1. The van der Waals surface area contributed by atoms with Gasteiger partial charge in [-0.3, -0.25) is 9.36 Å². The molecule has 2 atom stereocenters. The van der Waals surface area contributed by atoms with Crippen molar-refractivity contribution >= 4 is 29.0 Å². The van der Waals surface area contributed by atoms with Gasteiger partial charge in [-0.2, -0.15) is 0 Å². The summed E-state index contributed by atoms with van der Waals surface area (Å²) in [5, 5.41) is 12.6. The summed E-state index contributed by atoms with van der Waals surface area (Å²) in [5.41, 5.74) is 1.48. The number of carbonyl (C=O) groups is 1. The Morgan fingerprint density at radius 3 is 3.13 bits per heavy atom. The first-order chi connectivity index (χ1) is 14.7. The first-order valence-electron chi connectivity index (χ1n) is 10.8. The van der Waals surface area contributed by atoms with Gasteiger partial charge in [0.25, 0.3) is 0 Å². The highest BCUT2D eigenvalue weighted by Crippen LogP contribution is 2.38. The zero-order chi connectivity index (χ0) is 20.9. The lowest BCUT2D eigenvalue weighted by atomic mass is 9.87. The van der Waals surface area contributed by atoms with Crippen LogP contribution in [0.25, 0.3) is 10.7 Å². The molecule has 1 amide bonds. The van der Waals surface area contributed by atoms with Gasteiger partial charge in [-0.15, -0.1) is 28.1 Å². The first kappa shape index (κ1) is 21.6. The second-order valence-electron chi connectivity index (χ2n) is 8.01. The average Bonchev–Trinajstić information content (AvgIpc) is 3.50. The number of hydrogen-bond donors (Lipinski definition) is 1. The Morgan fingerprint density at radius 1 is 1.47 bits per heavy atom. The summed E-state index contributed by atoms with van der Waals surface area (Å²) in [6.07, 6.45) is 8.98. The molecule has 1 fully saturated rings. The van der Waals surface area contributed by atoms with Gasteiger partial charge in [0.1, 0.15) is 0 Å². The van der Waals surface area contributed by atoms with E-state index < -0.39 is 0 Å². The highest BCUT2D eigenvalue weighted by molar-refractivity contribution is 7.99. The predicted octanol–water partition coefficient (Wildman–Crippen LogP) is 4.09. The van der Waals surface area contributed by atoms with Gasteiger partial charge >= 0.3 is 0 Å². The quantitative estimate of drug-likeness (QED) is 0.464. The summed E-state index contributed by atoms with van der Waals surface area (Å²) in [5.74, 6) is 2.00. The van der Waals surface area contributed by atoms with Crippen molar-refractivity contribution in [2.75, 3.05) is 18.9 Å². The number of aromatic nitrogens is 3. The third-order valence-electron chi connectivity index (χ3n) is 5.89. The van der Waals surface area contributed by atoms with Crippen LogP contribution < -0.4 is 5.32 Å². The maximum atomic E-state index is 12.2. The lowest BCUT2D eigenvalue weighted by Gasteiger charge is -2.19. The standard InChI is InChI=1S/C22H30N4O2S2/c1-3-9-26-21(19-12-16-11-15(4-2)7-8-18(16)30-19)24-25-22(26)29-14-20(27)23-13-17-6-5-10-28-17/h3,12,15,17H,1,4-11,13-14H2,2H3,(H,23,27)/t15-,17+/m1/s1. The summed E-state index contributed by atoms with van der Waals surface area (Å²) in [6.45, 7) is 8.19. The molecular weight excluding hydrogens is 416 g/mol. The van der Waals surface area contributed by atoms with Gasteiger partial charge in [0, 0.05) is 24.6 Å². The Bertz CT molecular complexity index is 886. The second kappa shape index (κ2) is 10.1. The molecule has 2 aromatic heterocycles. The van der Waals surface area contributed by atoms with E-state index in [0.717, 1.165) is 36.3 Å². The van der Waals surface area contributed by atoms with Crippen LogP contribution in [0.15, 0.2) is 23.9 Å². The van der Waals surface area contributed by atoms with E-state index in [1.807, 2.05) is 17.4 Å². The Hall–Kier alpha value is -1.64. The third-order valence-corrected chi connectivity index (χ3v) is 8.09. The molecule has 162 valence electrons. The molecular formula is C22H30N4O2S2. The van der Waals surface area contributed by atoms with E-state index >= 15 is 0 Å². The van der Waals surface area contributed by atoms with Crippen molar-refractivity contribution in [3.05, 3.63) is 29.2 Å². The Balaban J connectivity index is 1.42. The molecule has 30 heavy (non-hydrogen) atoms. The summed E-state index contributed by atoms with van der Waals surface area (Å²) in [4.78, 5) is 14.9. The molecule has 0 saturated carbocycles. The molecule has 0 unspecified atom stereocenters. The summed E-state index contributed by atoms with van der Waals surface area (Å²) < 4.78 is 7.63. The molecule has 0 spiro atoms. The number of hydrogen-bond acceptors (Lipinski definition) is 6. The van der Waals surface area contributed by atoms with Crippen molar-refractivity contribution in [2.24, 2.45) is 5.92 Å². The minimum Gasteiger partial charge on any atom is -0.376 e. The fraction of sp³-hybridized carbons (Fsp3) is 0.591. The van der Waals surface area contributed by atoms with Gasteiger partial charge in [-0.05, 0) is 49.7 Å². The highest BCUT2D eigenvalue weighted by Gasteiger charge is 2.23. The molecule has 0 aromatic carbocycles. The zero-order valence-electron chi connectivity index (χ0n) is 17.6. The number of thioether (sulfide) groups is 1. The smallest absolute Gasteiger partial charge is 0.230 e. The van der Waals surface area contributed by atoms with E-state index in [1.165, 1.54) is 52.8 Å². The molecule has 1 saturated heterocycles. The van der Waals surface area contributed by atoms with Crippen LogP contribution in [0.2, 0.25) is 0 Å². The summed E-state index contributed by atoms with van der Waals surface area (Å²) in [7, 11) is 0. The number of nitrogens with zero attached hydrogens (tertiary/aromatic N) is 3. The van der Waals surface area contributed by atoms with Crippen molar-refractivity contribution in [2.45, 2.75) is 63.3 Å². The van der Waals surface area contributed by atoms with Crippen molar-refractivity contribution in [3.63, 3.8) is 0 Å². The minimum absolute atomic E-state index is 0.00222. The number of fused-ring (bicyclic) bond motifs is 1. The largest absolute Gasteiger partial charge is 0.376 e. The monoisotopic (exact) mass is 446 g/mol. The van der Waals surface area contributed by atoms with Crippen LogP contribution >= 0.6 is 23.1 Å². The van der Waals surface area contributed by atoms with Crippen LogP contribution in [0.5, 0.6) is 0 Å². The minimum atomic E-state index is 0.00222. The molecule has 2 aliphatic rings. The molecule has 0 bridgehead atoms. The number of rotatable bonds is 9. The van der Waals surface area contributed by atoms with Gasteiger partial charge < -0.3 is 10.1 Å². The van der Waals surface area contributed by atoms with Crippen molar-refractivity contribution in [3.8, 4) is 10.7 Å². The van der Waals surface area contributed by atoms with E-state index in [-0.39, 0.29) is 12.0 Å². The van der Waals surface area contributed by atoms with Gasteiger partial charge in [-0.1, -0.05) is 31.2 Å². The number of allylic oxidation sites excluding steroid dienone is 1. The maximum absolute atomic E-state index is 12.2. The van der Waals surface area contributed by atoms with Crippen LogP contribution in [0.3, 0.4) is 0 Å². The van der Waals surface area contributed by atoms with E-state index in [0.29, 0.717) is 18.8 Å². The van der Waals surface area contributed by atoms with E-state index in [9.17, 15) is 4.79 Å².